The molecule has 0 saturated carbocycles. The van der Waals surface area contributed by atoms with Crippen molar-refractivity contribution in [3.63, 3.8) is 0 Å². The van der Waals surface area contributed by atoms with E-state index in [1.807, 2.05) is 20.8 Å². The summed E-state index contributed by atoms with van der Waals surface area (Å²) in [6.07, 6.45) is 1.74. The van der Waals surface area contributed by atoms with E-state index in [2.05, 4.69) is 4.72 Å². The van der Waals surface area contributed by atoms with E-state index in [-0.39, 0.29) is 6.04 Å². The van der Waals surface area contributed by atoms with Crippen LogP contribution in [0.1, 0.15) is 33.6 Å². The number of hydrogen-bond donors (Lipinski definition) is 2. The summed E-state index contributed by atoms with van der Waals surface area (Å²) in [5.74, 6) is 0.773. The first-order valence-electron chi connectivity index (χ1n) is 6.34. The molecule has 1 rings (SSSR count). The lowest BCUT2D eigenvalue weighted by Crippen LogP contribution is -2.49. The Hall–Kier alpha value is -0.170. The van der Waals surface area contributed by atoms with Crippen LogP contribution in [0.25, 0.3) is 0 Å². The van der Waals surface area contributed by atoms with E-state index in [0.717, 1.165) is 12.8 Å². The van der Waals surface area contributed by atoms with Crippen LogP contribution in [0.2, 0.25) is 0 Å². The molecule has 5 nitrogen and oxygen atoms in total. The van der Waals surface area contributed by atoms with Gasteiger partial charge in [0.25, 0.3) is 10.2 Å². The molecule has 0 aromatic heterocycles. The minimum atomic E-state index is -3.32. The van der Waals surface area contributed by atoms with Crippen LogP contribution in [-0.2, 0) is 10.2 Å². The Bertz CT molecular complexity index is 322. The highest BCUT2D eigenvalue weighted by atomic mass is 32.2. The van der Waals surface area contributed by atoms with E-state index in [1.165, 1.54) is 4.31 Å². The molecule has 1 aliphatic heterocycles. The van der Waals surface area contributed by atoms with Crippen molar-refractivity contribution in [2.75, 3.05) is 19.6 Å². The van der Waals surface area contributed by atoms with E-state index < -0.39 is 10.2 Å². The van der Waals surface area contributed by atoms with Gasteiger partial charge in [-0.2, -0.15) is 17.4 Å². The van der Waals surface area contributed by atoms with Crippen molar-refractivity contribution < 1.29 is 8.42 Å². The molecular weight excluding hydrogens is 238 g/mol. The molecule has 1 unspecified atom stereocenters. The van der Waals surface area contributed by atoms with Gasteiger partial charge in [0, 0.05) is 19.1 Å². The second-order valence-corrected chi connectivity index (χ2v) is 6.94. The van der Waals surface area contributed by atoms with Gasteiger partial charge in [-0.25, -0.2) is 0 Å². The molecule has 0 bridgehead atoms. The molecule has 1 fully saturated rings. The zero-order chi connectivity index (χ0) is 13.1. The molecule has 3 N–H and O–H groups in total. The van der Waals surface area contributed by atoms with Crippen LogP contribution in [0, 0.1) is 11.8 Å². The second-order valence-electron chi connectivity index (χ2n) is 5.23. The van der Waals surface area contributed by atoms with E-state index in [9.17, 15) is 8.42 Å². The lowest BCUT2D eigenvalue weighted by Gasteiger charge is -2.32. The van der Waals surface area contributed by atoms with Gasteiger partial charge in [-0.15, -0.1) is 0 Å². The van der Waals surface area contributed by atoms with Crippen molar-refractivity contribution in [3.05, 3.63) is 0 Å². The van der Waals surface area contributed by atoms with Crippen molar-refractivity contribution in [2.45, 2.75) is 39.7 Å². The summed E-state index contributed by atoms with van der Waals surface area (Å²) in [6.45, 7) is 7.74. The molecule has 1 heterocycles. The van der Waals surface area contributed by atoms with Gasteiger partial charge in [-0.3, -0.25) is 0 Å². The summed E-state index contributed by atoms with van der Waals surface area (Å²) in [6, 6.07) is -0.0350. The van der Waals surface area contributed by atoms with E-state index in [1.54, 1.807) is 0 Å². The van der Waals surface area contributed by atoms with Gasteiger partial charge in [-0.1, -0.05) is 13.8 Å². The van der Waals surface area contributed by atoms with Crippen LogP contribution in [0.3, 0.4) is 0 Å². The van der Waals surface area contributed by atoms with Crippen molar-refractivity contribution in [1.29, 1.82) is 0 Å². The fourth-order valence-electron chi connectivity index (χ4n) is 1.83. The first-order chi connectivity index (χ1) is 7.86. The summed E-state index contributed by atoms with van der Waals surface area (Å²) in [5.41, 5.74) is 5.59. The molecule has 1 atom stereocenters. The molecule has 0 aromatic rings. The molecule has 0 radical (unpaired) electrons. The first-order valence-corrected chi connectivity index (χ1v) is 7.78. The topological polar surface area (TPSA) is 75.4 Å². The molecule has 0 spiro atoms. The SMILES string of the molecule is CC(C)C(C)NS(=O)(=O)N1CCC(CN)CC1. The highest BCUT2D eigenvalue weighted by molar-refractivity contribution is 7.87. The molecule has 0 amide bonds. The monoisotopic (exact) mass is 263 g/mol. The summed E-state index contributed by atoms with van der Waals surface area (Å²) in [4.78, 5) is 0. The zero-order valence-corrected chi connectivity index (χ0v) is 11.8. The number of nitrogens with two attached hydrogens (primary N) is 1. The highest BCUT2D eigenvalue weighted by Gasteiger charge is 2.28. The minimum Gasteiger partial charge on any atom is -0.330 e. The van der Waals surface area contributed by atoms with Crippen molar-refractivity contribution in [2.24, 2.45) is 17.6 Å². The Morgan fingerprint density at radius 3 is 2.24 bits per heavy atom. The fourth-order valence-corrected chi connectivity index (χ4v) is 3.41. The zero-order valence-electron chi connectivity index (χ0n) is 11.0. The molecule has 102 valence electrons. The van der Waals surface area contributed by atoms with Gasteiger partial charge in [0.05, 0.1) is 0 Å². The minimum absolute atomic E-state index is 0.0350. The van der Waals surface area contributed by atoms with Gasteiger partial charge >= 0.3 is 0 Å². The average Bonchev–Trinajstić information content (AvgIpc) is 2.28. The van der Waals surface area contributed by atoms with E-state index in [4.69, 9.17) is 5.73 Å². The third kappa shape index (κ3) is 4.21. The van der Waals surface area contributed by atoms with Crippen LogP contribution in [0.5, 0.6) is 0 Å². The largest absolute Gasteiger partial charge is 0.330 e. The Labute approximate surface area is 105 Å². The van der Waals surface area contributed by atoms with Crippen LogP contribution in [-0.4, -0.2) is 38.4 Å². The third-order valence-electron chi connectivity index (χ3n) is 3.58. The maximum absolute atomic E-state index is 12.1. The number of piperidine rings is 1. The number of nitrogens with one attached hydrogen (secondary N) is 1. The van der Waals surface area contributed by atoms with Crippen LogP contribution < -0.4 is 10.5 Å². The predicted octanol–water partition coefficient (Wildman–Crippen LogP) is 0.536. The molecule has 17 heavy (non-hydrogen) atoms. The fraction of sp³-hybridized carbons (Fsp3) is 1.00. The second kappa shape index (κ2) is 6.13. The van der Waals surface area contributed by atoms with Crippen molar-refractivity contribution in [3.8, 4) is 0 Å². The van der Waals surface area contributed by atoms with E-state index in [0.29, 0.717) is 31.5 Å². The van der Waals surface area contributed by atoms with Gasteiger partial charge in [0.15, 0.2) is 0 Å². The number of rotatable bonds is 5. The van der Waals surface area contributed by atoms with Crippen molar-refractivity contribution >= 4 is 10.2 Å². The Morgan fingerprint density at radius 1 is 1.29 bits per heavy atom. The quantitative estimate of drug-likeness (QED) is 0.760. The molecular formula is C11H25N3O2S. The van der Waals surface area contributed by atoms with Crippen LogP contribution in [0.15, 0.2) is 0 Å². The molecule has 6 heteroatoms. The Kier molecular flexibility index (Phi) is 5.37. The van der Waals surface area contributed by atoms with Crippen LogP contribution >= 0.6 is 0 Å². The predicted molar refractivity (Wildman–Crippen MR) is 69.7 cm³/mol. The summed E-state index contributed by atoms with van der Waals surface area (Å²) in [7, 11) is -3.32. The van der Waals surface area contributed by atoms with Crippen molar-refractivity contribution in [1.82, 2.24) is 9.03 Å². The van der Waals surface area contributed by atoms with Gasteiger partial charge in [-0.05, 0) is 38.1 Å². The highest BCUT2D eigenvalue weighted by Crippen LogP contribution is 2.18. The Morgan fingerprint density at radius 2 is 1.82 bits per heavy atom. The van der Waals surface area contributed by atoms with Gasteiger partial charge in [0.2, 0.25) is 0 Å². The lowest BCUT2D eigenvalue weighted by molar-refractivity contribution is 0.273. The smallest absolute Gasteiger partial charge is 0.279 e. The van der Waals surface area contributed by atoms with Gasteiger partial charge in [0.1, 0.15) is 0 Å². The summed E-state index contributed by atoms with van der Waals surface area (Å²) < 4.78 is 28.4. The standard InChI is InChI=1S/C11H25N3O2S/c1-9(2)10(3)13-17(15,16)14-6-4-11(8-12)5-7-14/h9-11,13H,4-8,12H2,1-3H3. The first kappa shape index (κ1) is 14.9. The maximum atomic E-state index is 12.1. The molecule has 1 saturated heterocycles. The normalized spacial score (nSPS) is 21.9. The third-order valence-corrected chi connectivity index (χ3v) is 5.30. The maximum Gasteiger partial charge on any atom is 0.279 e. The molecule has 1 aliphatic rings. The van der Waals surface area contributed by atoms with E-state index >= 15 is 0 Å². The molecule has 0 aromatic carbocycles. The average molecular weight is 263 g/mol. The lowest BCUT2D eigenvalue weighted by atomic mass is 9.99. The number of nitrogens with zero attached hydrogens (tertiary/aromatic N) is 1. The van der Waals surface area contributed by atoms with Crippen LogP contribution in [0.4, 0.5) is 0 Å². The molecule has 0 aliphatic carbocycles. The Balaban J connectivity index is 2.54. The number of hydrogen-bond acceptors (Lipinski definition) is 3. The summed E-state index contributed by atoms with van der Waals surface area (Å²) in [5, 5.41) is 0. The van der Waals surface area contributed by atoms with Gasteiger partial charge < -0.3 is 5.73 Å². The summed E-state index contributed by atoms with van der Waals surface area (Å²) >= 11 is 0.